The van der Waals surface area contributed by atoms with Crippen LogP contribution in [-0.4, -0.2) is 29.3 Å². The van der Waals surface area contributed by atoms with Crippen LogP contribution < -0.4 is 5.32 Å². The van der Waals surface area contributed by atoms with Gasteiger partial charge in [0.1, 0.15) is 0 Å². The van der Waals surface area contributed by atoms with Crippen molar-refractivity contribution in [3.63, 3.8) is 0 Å². The van der Waals surface area contributed by atoms with Gasteiger partial charge >= 0.3 is 0 Å². The van der Waals surface area contributed by atoms with Crippen LogP contribution in [0.1, 0.15) is 86.8 Å². The number of unbranched alkanes of at least 4 members (excludes halogenated alkanes) is 1. The monoisotopic (exact) mass is 448 g/mol. The van der Waals surface area contributed by atoms with Gasteiger partial charge in [0.25, 0.3) is 5.91 Å². The van der Waals surface area contributed by atoms with Gasteiger partial charge in [-0.1, -0.05) is 70.9 Å². The lowest BCUT2D eigenvalue weighted by Crippen LogP contribution is -2.52. The molecule has 1 aliphatic heterocycles. The molecule has 1 saturated heterocycles. The average molecular weight is 449 g/mol. The third kappa shape index (κ3) is 5.85. The largest absolute Gasteiger partial charge is 0.335 e. The summed E-state index contributed by atoms with van der Waals surface area (Å²) in [6.07, 6.45) is 4.57. The molecule has 1 aliphatic rings. The maximum absolute atomic E-state index is 13.7. The van der Waals surface area contributed by atoms with Crippen LogP contribution in [0.5, 0.6) is 0 Å². The van der Waals surface area contributed by atoms with E-state index in [1.54, 1.807) is 0 Å². The van der Waals surface area contributed by atoms with Crippen LogP contribution in [0.25, 0.3) is 0 Å². The first-order chi connectivity index (χ1) is 15.6. The van der Waals surface area contributed by atoms with E-state index in [9.17, 15) is 9.59 Å². The fraction of sp³-hybridized carbons (Fsp3) is 0.517. The number of anilines is 1. The number of likely N-dealkylation sites (tertiary alicyclic amines) is 1. The van der Waals surface area contributed by atoms with Crippen LogP contribution in [0.3, 0.4) is 0 Å². The highest BCUT2D eigenvalue weighted by atomic mass is 16.2. The van der Waals surface area contributed by atoms with E-state index in [2.05, 4.69) is 45.1 Å². The maximum atomic E-state index is 13.7. The van der Waals surface area contributed by atoms with E-state index >= 15 is 0 Å². The van der Waals surface area contributed by atoms with E-state index in [0.29, 0.717) is 6.54 Å². The molecule has 0 saturated carbocycles. The number of piperidine rings is 1. The Bertz CT molecular complexity index is 969. The average Bonchev–Trinajstić information content (AvgIpc) is 2.76. The van der Waals surface area contributed by atoms with Crippen molar-refractivity contribution in [1.29, 1.82) is 0 Å². The Morgan fingerprint density at radius 1 is 1.06 bits per heavy atom. The number of amides is 2. The number of hydrogen-bond donors (Lipinski definition) is 1. The standard InChI is InChI=1S/C29H40N2O2/c1-7-8-17-25-24(27(32)30-23-15-10-14-22(19-23)29(4,5)6)16-11-18-31(25)28(33)26-20(2)12-9-13-21(26)3/h9-10,12-15,19,24-25H,7-8,11,16-18H2,1-6H3,(H,30,32)/t24?,25-/m0/s1. The molecule has 2 aromatic rings. The van der Waals surface area contributed by atoms with Crippen LogP contribution in [0.4, 0.5) is 5.69 Å². The van der Waals surface area contributed by atoms with Crippen molar-refractivity contribution < 1.29 is 9.59 Å². The zero-order chi connectivity index (χ0) is 24.2. The van der Waals surface area contributed by atoms with Gasteiger partial charge in [-0.15, -0.1) is 0 Å². The molecule has 4 nitrogen and oxygen atoms in total. The highest BCUT2D eigenvalue weighted by Gasteiger charge is 2.38. The molecule has 1 N–H and O–H groups in total. The number of hydrogen-bond acceptors (Lipinski definition) is 2. The fourth-order valence-electron chi connectivity index (χ4n) is 4.98. The van der Waals surface area contributed by atoms with Crippen molar-refractivity contribution in [2.45, 2.75) is 85.1 Å². The molecule has 178 valence electrons. The topological polar surface area (TPSA) is 49.4 Å². The van der Waals surface area contributed by atoms with Crippen molar-refractivity contribution >= 4 is 17.5 Å². The van der Waals surface area contributed by atoms with Crippen LogP contribution in [0.2, 0.25) is 0 Å². The molecule has 1 heterocycles. The number of carbonyl (C=O) groups is 2. The molecule has 33 heavy (non-hydrogen) atoms. The van der Waals surface area contributed by atoms with E-state index in [-0.39, 0.29) is 29.2 Å². The molecule has 2 amide bonds. The molecule has 4 heteroatoms. The first kappa shape index (κ1) is 25.0. The fourth-order valence-corrected chi connectivity index (χ4v) is 4.98. The van der Waals surface area contributed by atoms with Gasteiger partial charge in [-0.2, -0.15) is 0 Å². The zero-order valence-corrected chi connectivity index (χ0v) is 21.2. The lowest BCUT2D eigenvalue weighted by atomic mass is 9.84. The van der Waals surface area contributed by atoms with E-state index < -0.39 is 0 Å². The van der Waals surface area contributed by atoms with Crippen LogP contribution in [-0.2, 0) is 10.2 Å². The summed E-state index contributed by atoms with van der Waals surface area (Å²) in [6.45, 7) is 13.4. The second kappa shape index (κ2) is 10.5. The summed E-state index contributed by atoms with van der Waals surface area (Å²) in [5.74, 6) is -0.100. The summed E-state index contributed by atoms with van der Waals surface area (Å²) < 4.78 is 0. The van der Waals surface area contributed by atoms with Gasteiger partial charge in [0.2, 0.25) is 5.91 Å². The Labute approximate surface area is 199 Å². The molecule has 0 bridgehead atoms. The van der Waals surface area contributed by atoms with Crippen molar-refractivity contribution in [1.82, 2.24) is 4.90 Å². The zero-order valence-electron chi connectivity index (χ0n) is 21.2. The van der Waals surface area contributed by atoms with Crippen molar-refractivity contribution in [2.75, 3.05) is 11.9 Å². The molecular weight excluding hydrogens is 408 g/mol. The first-order valence-corrected chi connectivity index (χ1v) is 12.4. The smallest absolute Gasteiger partial charge is 0.254 e. The summed E-state index contributed by atoms with van der Waals surface area (Å²) in [6, 6.07) is 14.0. The molecule has 3 rings (SSSR count). The first-order valence-electron chi connectivity index (χ1n) is 12.4. The summed E-state index contributed by atoms with van der Waals surface area (Å²) in [5, 5.41) is 3.18. The molecule has 0 radical (unpaired) electrons. The Morgan fingerprint density at radius 3 is 2.36 bits per heavy atom. The molecule has 0 aromatic heterocycles. The van der Waals surface area contributed by atoms with Gasteiger partial charge in [0, 0.05) is 23.8 Å². The van der Waals surface area contributed by atoms with Gasteiger partial charge in [-0.25, -0.2) is 0 Å². The minimum Gasteiger partial charge on any atom is -0.335 e. The lowest BCUT2D eigenvalue weighted by molar-refractivity contribution is -0.123. The molecule has 2 aromatic carbocycles. The molecule has 2 atom stereocenters. The van der Waals surface area contributed by atoms with E-state index in [1.165, 1.54) is 5.56 Å². The summed E-state index contributed by atoms with van der Waals surface area (Å²) in [7, 11) is 0. The van der Waals surface area contributed by atoms with E-state index in [4.69, 9.17) is 0 Å². The van der Waals surface area contributed by atoms with Gasteiger partial charge in [0.15, 0.2) is 0 Å². The Balaban J connectivity index is 1.86. The predicted octanol–water partition coefficient (Wildman–Crippen LogP) is 6.65. The van der Waals surface area contributed by atoms with E-state index in [1.807, 2.05) is 49.1 Å². The van der Waals surface area contributed by atoms with Crippen LogP contribution in [0, 0.1) is 19.8 Å². The third-order valence-corrected chi connectivity index (χ3v) is 6.92. The van der Waals surface area contributed by atoms with E-state index in [0.717, 1.165) is 54.5 Å². The molecular formula is C29H40N2O2. The maximum Gasteiger partial charge on any atom is 0.254 e. The Kier molecular flexibility index (Phi) is 7.99. The number of benzene rings is 2. The highest BCUT2D eigenvalue weighted by Crippen LogP contribution is 2.32. The molecule has 0 aliphatic carbocycles. The van der Waals surface area contributed by atoms with Crippen molar-refractivity contribution in [3.05, 3.63) is 64.7 Å². The Hall–Kier alpha value is -2.62. The Morgan fingerprint density at radius 2 is 1.73 bits per heavy atom. The number of carbonyl (C=O) groups excluding carboxylic acids is 2. The summed E-state index contributed by atoms with van der Waals surface area (Å²) in [4.78, 5) is 29.2. The SMILES string of the molecule is CCCC[C@H]1C(C(=O)Nc2cccc(C(C)(C)C)c2)CCCN1C(=O)c1c(C)cccc1C. The number of nitrogens with zero attached hydrogens (tertiary/aromatic N) is 1. The van der Waals surface area contributed by atoms with Gasteiger partial charge in [0.05, 0.1) is 5.92 Å². The number of nitrogens with one attached hydrogen (secondary N) is 1. The summed E-state index contributed by atoms with van der Waals surface area (Å²) in [5.41, 5.74) is 4.83. The van der Waals surface area contributed by atoms with Crippen LogP contribution in [0.15, 0.2) is 42.5 Å². The molecule has 1 unspecified atom stereocenters. The minimum absolute atomic E-state index is 0.0177. The lowest BCUT2D eigenvalue weighted by Gasteiger charge is -2.41. The van der Waals surface area contributed by atoms with Gasteiger partial charge in [-0.3, -0.25) is 9.59 Å². The second-order valence-electron chi connectivity index (χ2n) is 10.5. The van der Waals surface area contributed by atoms with Crippen LogP contribution >= 0.6 is 0 Å². The molecule has 1 fully saturated rings. The normalized spacial score (nSPS) is 18.8. The number of rotatable bonds is 6. The minimum atomic E-state index is -0.197. The molecule has 0 spiro atoms. The van der Waals surface area contributed by atoms with Crippen molar-refractivity contribution in [3.8, 4) is 0 Å². The van der Waals surface area contributed by atoms with Gasteiger partial charge < -0.3 is 10.2 Å². The predicted molar refractivity (Wildman–Crippen MR) is 137 cm³/mol. The quantitative estimate of drug-likeness (QED) is 0.538. The summed E-state index contributed by atoms with van der Waals surface area (Å²) >= 11 is 0. The number of aryl methyl sites for hydroxylation is 2. The second-order valence-corrected chi connectivity index (χ2v) is 10.5. The third-order valence-electron chi connectivity index (χ3n) is 6.92. The van der Waals surface area contributed by atoms with Crippen molar-refractivity contribution in [2.24, 2.45) is 5.92 Å². The highest BCUT2D eigenvalue weighted by molar-refractivity contribution is 5.98. The van der Waals surface area contributed by atoms with Gasteiger partial charge in [-0.05, 0) is 67.3 Å².